The zero-order valence-electron chi connectivity index (χ0n) is 15.6. The van der Waals surface area contributed by atoms with Crippen LogP contribution in [-0.2, 0) is 0 Å². The maximum absolute atomic E-state index is 4.37. The second-order valence-electron chi connectivity index (χ2n) is 7.21. The molecule has 2 heterocycles. The van der Waals surface area contributed by atoms with Crippen molar-refractivity contribution >= 4 is 17.5 Å². The molecule has 0 fully saturated rings. The first-order valence-electron chi connectivity index (χ1n) is 9.20. The van der Waals surface area contributed by atoms with Crippen molar-refractivity contribution in [2.45, 2.75) is 31.5 Å². The molecule has 0 radical (unpaired) electrons. The topological polar surface area (TPSA) is 70.4 Å². The van der Waals surface area contributed by atoms with Gasteiger partial charge in [-0.25, -0.2) is 4.68 Å². The van der Waals surface area contributed by atoms with Crippen LogP contribution in [0.1, 0.15) is 37.7 Å². The van der Waals surface area contributed by atoms with Crippen LogP contribution in [0.4, 0.5) is 0 Å². The molecule has 0 unspecified atom stereocenters. The summed E-state index contributed by atoms with van der Waals surface area (Å²) in [5.74, 6) is 1.45. The molecule has 0 saturated carbocycles. The zero-order valence-corrected chi connectivity index (χ0v) is 16.4. The van der Waals surface area contributed by atoms with Gasteiger partial charge in [0.05, 0.1) is 5.70 Å². The SMILES string of the molecule is CC(C)C[C@H]([NH3+])c1nnc2n1NC(c1ccc(-c3ccccc3)cc1)=CS2. The summed E-state index contributed by atoms with van der Waals surface area (Å²) >= 11 is 1.59. The van der Waals surface area contributed by atoms with E-state index in [-0.39, 0.29) is 6.04 Å². The molecule has 0 amide bonds. The highest BCUT2D eigenvalue weighted by Crippen LogP contribution is 2.31. The average molecular weight is 379 g/mol. The van der Waals surface area contributed by atoms with E-state index < -0.39 is 0 Å². The van der Waals surface area contributed by atoms with Crippen LogP contribution in [0.5, 0.6) is 0 Å². The number of aromatic nitrogens is 3. The minimum Gasteiger partial charge on any atom is -0.349 e. The number of benzene rings is 2. The molecule has 2 aromatic carbocycles. The molecule has 138 valence electrons. The summed E-state index contributed by atoms with van der Waals surface area (Å²) in [6.45, 7) is 4.40. The lowest BCUT2D eigenvalue weighted by atomic mass is 10.0. The normalized spacial score (nSPS) is 14.4. The van der Waals surface area contributed by atoms with Gasteiger partial charge in [0.25, 0.3) is 0 Å². The number of hydrogen-bond donors (Lipinski definition) is 2. The van der Waals surface area contributed by atoms with Gasteiger partial charge in [0.15, 0.2) is 0 Å². The summed E-state index contributed by atoms with van der Waals surface area (Å²) in [4.78, 5) is 0. The van der Waals surface area contributed by atoms with Gasteiger partial charge in [-0.3, -0.25) is 5.43 Å². The van der Waals surface area contributed by atoms with Crippen LogP contribution in [0, 0.1) is 5.92 Å². The first-order chi connectivity index (χ1) is 13.1. The van der Waals surface area contributed by atoms with Crippen molar-refractivity contribution in [2.75, 3.05) is 5.43 Å². The Morgan fingerprint density at radius 1 is 0.963 bits per heavy atom. The molecule has 5 nitrogen and oxygen atoms in total. The molecular weight excluding hydrogens is 354 g/mol. The molecule has 0 spiro atoms. The first-order valence-corrected chi connectivity index (χ1v) is 10.1. The Kier molecular flexibility index (Phi) is 5.01. The molecule has 1 atom stereocenters. The van der Waals surface area contributed by atoms with Crippen molar-refractivity contribution in [3.8, 4) is 11.1 Å². The molecular formula is C21H24N5S+. The van der Waals surface area contributed by atoms with Crippen molar-refractivity contribution in [1.29, 1.82) is 0 Å². The lowest BCUT2D eigenvalue weighted by molar-refractivity contribution is -0.432. The Bertz CT molecular complexity index is 944. The smallest absolute Gasteiger partial charge is 0.214 e. The van der Waals surface area contributed by atoms with Gasteiger partial charge in [0.1, 0.15) is 6.04 Å². The second kappa shape index (κ2) is 7.58. The highest BCUT2D eigenvalue weighted by atomic mass is 32.2. The lowest BCUT2D eigenvalue weighted by Gasteiger charge is -2.20. The maximum Gasteiger partial charge on any atom is 0.214 e. The number of quaternary nitrogens is 1. The molecule has 3 aromatic rings. The zero-order chi connectivity index (χ0) is 18.8. The number of rotatable bonds is 5. The second-order valence-corrected chi connectivity index (χ2v) is 8.04. The average Bonchev–Trinajstić information content (AvgIpc) is 3.12. The summed E-state index contributed by atoms with van der Waals surface area (Å²) in [5.41, 5.74) is 12.4. The van der Waals surface area contributed by atoms with Crippen LogP contribution in [0.15, 0.2) is 65.2 Å². The highest BCUT2D eigenvalue weighted by molar-refractivity contribution is 8.02. The van der Waals surface area contributed by atoms with Crippen molar-refractivity contribution in [1.82, 2.24) is 14.9 Å². The summed E-state index contributed by atoms with van der Waals surface area (Å²) in [6, 6.07) is 19.1. The molecule has 1 aliphatic rings. The Labute approximate surface area is 163 Å². The first kappa shape index (κ1) is 17.8. The van der Waals surface area contributed by atoms with Crippen molar-refractivity contribution in [3.05, 3.63) is 71.4 Å². The van der Waals surface area contributed by atoms with Gasteiger partial charge in [-0.2, -0.15) is 0 Å². The van der Waals surface area contributed by atoms with Crippen molar-refractivity contribution in [3.63, 3.8) is 0 Å². The summed E-state index contributed by atoms with van der Waals surface area (Å²) in [7, 11) is 0. The molecule has 4 N–H and O–H groups in total. The minimum atomic E-state index is 0.110. The lowest BCUT2D eigenvalue weighted by Crippen LogP contribution is -2.55. The van der Waals surface area contributed by atoms with Gasteiger partial charge in [-0.1, -0.05) is 80.2 Å². The van der Waals surface area contributed by atoms with Crippen molar-refractivity contribution < 1.29 is 5.73 Å². The predicted octanol–water partition coefficient (Wildman–Crippen LogP) is 3.92. The van der Waals surface area contributed by atoms with Crippen LogP contribution in [0.25, 0.3) is 16.8 Å². The number of hydrogen-bond acceptors (Lipinski definition) is 4. The van der Waals surface area contributed by atoms with Gasteiger partial charge in [0, 0.05) is 11.8 Å². The Balaban J connectivity index is 1.55. The molecule has 0 bridgehead atoms. The standard InChI is InChI=1S/C21H23N5S/c1-14(2)12-18(22)20-23-24-21-26(20)25-19(13-27-21)17-10-8-16(9-11-17)15-6-4-3-5-7-15/h3-11,13-14,18,25H,12,22H2,1-2H3/p+1/t18-/m0/s1. The highest BCUT2D eigenvalue weighted by Gasteiger charge is 2.25. The van der Waals surface area contributed by atoms with Crippen LogP contribution in [-0.4, -0.2) is 14.9 Å². The Hall–Kier alpha value is -2.57. The molecule has 0 aliphatic carbocycles. The molecule has 1 aromatic heterocycles. The molecule has 4 rings (SSSR count). The van der Waals surface area contributed by atoms with E-state index in [4.69, 9.17) is 0 Å². The van der Waals surface area contributed by atoms with Gasteiger partial charge in [-0.05, 0) is 22.6 Å². The van der Waals surface area contributed by atoms with E-state index in [2.05, 4.69) is 89.1 Å². The quantitative estimate of drug-likeness (QED) is 0.706. The molecule has 0 saturated heterocycles. The third-order valence-corrected chi connectivity index (χ3v) is 5.43. The Morgan fingerprint density at radius 3 is 2.33 bits per heavy atom. The third kappa shape index (κ3) is 3.77. The van der Waals surface area contributed by atoms with E-state index in [1.165, 1.54) is 11.1 Å². The van der Waals surface area contributed by atoms with E-state index in [9.17, 15) is 0 Å². The largest absolute Gasteiger partial charge is 0.349 e. The van der Waals surface area contributed by atoms with Crippen LogP contribution >= 0.6 is 11.8 Å². The summed E-state index contributed by atoms with van der Waals surface area (Å²) in [6.07, 6.45) is 0.981. The summed E-state index contributed by atoms with van der Waals surface area (Å²) in [5, 5.41) is 11.6. The van der Waals surface area contributed by atoms with Gasteiger partial charge in [0.2, 0.25) is 11.0 Å². The van der Waals surface area contributed by atoms with Crippen LogP contribution < -0.4 is 11.2 Å². The maximum atomic E-state index is 4.37. The molecule has 6 heteroatoms. The van der Waals surface area contributed by atoms with Crippen LogP contribution in [0.3, 0.4) is 0 Å². The minimum absolute atomic E-state index is 0.110. The van der Waals surface area contributed by atoms with Gasteiger partial charge in [-0.15, -0.1) is 10.2 Å². The number of nitrogens with one attached hydrogen (secondary N) is 1. The van der Waals surface area contributed by atoms with E-state index in [1.54, 1.807) is 11.8 Å². The monoisotopic (exact) mass is 378 g/mol. The number of fused-ring (bicyclic) bond motifs is 1. The predicted molar refractivity (Wildman–Crippen MR) is 110 cm³/mol. The number of thioether (sulfide) groups is 1. The van der Waals surface area contributed by atoms with Crippen molar-refractivity contribution in [2.24, 2.45) is 5.92 Å². The van der Waals surface area contributed by atoms with E-state index in [0.717, 1.165) is 28.7 Å². The van der Waals surface area contributed by atoms with E-state index in [1.807, 2.05) is 10.7 Å². The number of nitrogens with zero attached hydrogens (tertiary/aromatic N) is 3. The van der Waals surface area contributed by atoms with Crippen LogP contribution in [0.2, 0.25) is 0 Å². The van der Waals surface area contributed by atoms with E-state index >= 15 is 0 Å². The fourth-order valence-corrected chi connectivity index (χ4v) is 4.01. The third-order valence-electron chi connectivity index (χ3n) is 4.60. The Morgan fingerprint density at radius 2 is 1.63 bits per heavy atom. The summed E-state index contributed by atoms with van der Waals surface area (Å²) < 4.78 is 1.98. The fraction of sp³-hybridized carbons (Fsp3) is 0.238. The van der Waals surface area contributed by atoms with Gasteiger partial charge >= 0.3 is 0 Å². The van der Waals surface area contributed by atoms with Gasteiger partial charge < -0.3 is 5.73 Å². The molecule has 1 aliphatic heterocycles. The molecule has 27 heavy (non-hydrogen) atoms. The fourth-order valence-electron chi connectivity index (χ4n) is 3.27. The van der Waals surface area contributed by atoms with E-state index in [0.29, 0.717) is 5.92 Å².